The number of nitrogens with one attached hydrogen (secondary N) is 1. The van der Waals surface area contributed by atoms with E-state index in [4.69, 9.17) is 16.6 Å². The van der Waals surface area contributed by atoms with Crippen molar-refractivity contribution in [3.05, 3.63) is 97.1 Å². The van der Waals surface area contributed by atoms with Crippen molar-refractivity contribution in [2.75, 3.05) is 11.1 Å². The van der Waals surface area contributed by atoms with Gasteiger partial charge >= 0.3 is 0 Å². The fraction of sp³-hybridized carbons (Fsp3) is 0.214. The number of aryl methyl sites for hydroxylation is 2. The Morgan fingerprint density at radius 2 is 1.84 bits per heavy atom. The molecule has 1 amide bonds. The summed E-state index contributed by atoms with van der Waals surface area (Å²) in [5.74, 6) is -0.0797. The molecule has 6 nitrogen and oxygen atoms in total. The molecule has 0 radical (unpaired) electrons. The number of thioether (sulfide) groups is 1. The van der Waals surface area contributed by atoms with Crippen molar-refractivity contribution in [1.29, 1.82) is 0 Å². The Bertz CT molecular complexity index is 1680. The molecule has 10 heteroatoms. The molecule has 1 N–H and O–H groups in total. The minimum absolute atomic E-state index is 0.0599. The van der Waals surface area contributed by atoms with E-state index in [1.54, 1.807) is 22.1 Å². The Kier molecular flexibility index (Phi) is 7.34. The van der Waals surface area contributed by atoms with Crippen LogP contribution in [0.5, 0.6) is 0 Å². The molecule has 0 spiro atoms. The summed E-state index contributed by atoms with van der Waals surface area (Å²) in [6.07, 6.45) is 6.66. The van der Waals surface area contributed by atoms with Gasteiger partial charge in [0.05, 0.1) is 16.8 Å². The van der Waals surface area contributed by atoms with Gasteiger partial charge < -0.3 is 5.32 Å². The number of hydrogen-bond donors (Lipinski definition) is 1. The molecule has 1 aliphatic carbocycles. The first-order valence-electron chi connectivity index (χ1n) is 12.3. The number of aromatic nitrogens is 3. The smallest absolute Gasteiger partial charge is 0.267 e. The summed E-state index contributed by atoms with van der Waals surface area (Å²) in [6, 6.07) is 17.2. The number of anilines is 1. The molecule has 0 fully saturated rings. The highest BCUT2D eigenvalue weighted by Crippen LogP contribution is 2.35. The number of rotatable bonds is 7. The second-order valence-electron chi connectivity index (χ2n) is 9.03. The average molecular weight is 579 g/mol. The summed E-state index contributed by atoms with van der Waals surface area (Å²) in [5.41, 5.74) is 2.97. The largest absolute Gasteiger partial charge is 0.301 e. The van der Waals surface area contributed by atoms with Gasteiger partial charge in [0.15, 0.2) is 10.3 Å². The predicted molar refractivity (Wildman–Crippen MR) is 158 cm³/mol. The predicted octanol–water partition coefficient (Wildman–Crippen LogP) is 6.76. The molecule has 38 heavy (non-hydrogen) atoms. The minimum Gasteiger partial charge on any atom is -0.301 e. The van der Waals surface area contributed by atoms with Crippen LogP contribution < -0.4 is 10.9 Å². The van der Waals surface area contributed by atoms with Crippen LogP contribution in [0.2, 0.25) is 5.02 Å². The lowest BCUT2D eigenvalue weighted by Gasteiger charge is -2.13. The maximum Gasteiger partial charge on any atom is 0.267 e. The van der Waals surface area contributed by atoms with Crippen molar-refractivity contribution in [3.8, 4) is 5.69 Å². The van der Waals surface area contributed by atoms with Crippen LogP contribution in [0.25, 0.3) is 15.9 Å². The van der Waals surface area contributed by atoms with Crippen LogP contribution in [-0.4, -0.2) is 26.2 Å². The molecular formula is C28H23ClN4O2S3. The number of carbonyl (C=O) groups is 1. The molecule has 0 atom stereocenters. The number of hydrogen-bond acceptors (Lipinski definition) is 7. The molecule has 2 aromatic carbocycles. The first-order valence-corrected chi connectivity index (χ1v) is 15.3. The summed E-state index contributed by atoms with van der Waals surface area (Å²) in [4.78, 5) is 39.0. The van der Waals surface area contributed by atoms with Crippen LogP contribution in [0.3, 0.4) is 0 Å². The van der Waals surface area contributed by atoms with Gasteiger partial charge in [-0.2, -0.15) is 0 Å². The van der Waals surface area contributed by atoms with Crippen molar-refractivity contribution >= 4 is 67.3 Å². The normalized spacial score (nSPS) is 13.0. The second kappa shape index (κ2) is 11.0. The van der Waals surface area contributed by atoms with E-state index in [0.29, 0.717) is 15.3 Å². The molecule has 0 unspecified atom stereocenters. The third-order valence-electron chi connectivity index (χ3n) is 6.40. The van der Waals surface area contributed by atoms with E-state index < -0.39 is 0 Å². The number of carbonyl (C=O) groups excluding carboxylic acids is 1. The standard InChI is InChI=1S/C28H23ClN4O2S3/c29-18-12-10-17(11-13-18)14-20-15-30-27(37-20)31-23(34)16-36-28-32-25-24(21-8-4-5-9-22(21)38-25)26(35)33(28)19-6-2-1-3-7-19/h1-3,6-7,10-13,15H,4-5,8-9,14,16H2,(H,30,31,34). The summed E-state index contributed by atoms with van der Waals surface area (Å²) in [6.45, 7) is 0. The molecule has 3 heterocycles. The summed E-state index contributed by atoms with van der Waals surface area (Å²) in [5, 5.41) is 5.40. The number of amides is 1. The number of fused-ring (bicyclic) bond motifs is 3. The zero-order chi connectivity index (χ0) is 26.1. The van der Waals surface area contributed by atoms with E-state index >= 15 is 0 Å². The van der Waals surface area contributed by atoms with Crippen molar-refractivity contribution in [2.45, 2.75) is 37.3 Å². The minimum atomic E-state index is -0.193. The van der Waals surface area contributed by atoms with Gasteiger partial charge in [0, 0.05) is 27.4 Å². The fourth-order valence-corrected chi connectivity index (χ4v) is 7.73. The Hall–Kier alpha value is -2.98. The van der Waals surface area contributed by atoms with Crippen LogP contribution in [0.15, 0.2) is 70.7 Å². The molecule has 5 aromatic rings. The van der Waals surface area contributed by atoms with E-state index in [1.165, 1.54) is 28.0 Å². The fourth-order valence-electron chi connectivity index (χ4n) is 4.62. The molecular weight excluding hydrogens is 556 g/mol. The number of thiazole rings is 1. The number of para-hydroxylation sites is 1. The quantitative estimate of drug-likeness (QED) is 0.171. The molecule has 1 aliphatic rings. The Labute approximate surface area is 236 Å². The lowest BCUT2D eigenvalue weighted by molar-refractivity contribution is -0.113. The van der Waals surface area contributed by atoms with Crippen LogP contribution >= 0.6 is 46.0 Å². The van der Waals surface area contributed by atoms with Gasteiger partial charge in [-0.05, 0) is 61.1 Å². The highest BCUT2D eigenvalue weighted by Gasteiger charge is 2.23. The van der Waals surface area contributed by atoms with E-state index in [-0.39, 0.29) is 17.2 Å². The average Bonchev–Trinajstić information content (AvgIpc) is 3.53. The highest BCUT2D eigenvalue weighted by atomic mass is 35.5. The molecule has 192 valence electrons. The zero-order valence-corrected chi connectivity index (χ0v) is 23.5. The second-order valence-corrected chi connectivity index (χ2v) is 12.6. The van der Waals surface area contributed by atoms with Gasteiger partial charge in [0.25, 0.3) is 5.56 Å². The molecule has 0 saturated carbocycles. The van der Waals surface area contributed by atoms with E-state index in [2.05, 4.69) is 10.3 Å². The lowest BCUT2D eigenvalue weighted by Crippen LogP contribution is -2.23. The van der Waals surface area contributed by atoms with Crippen molar-refractivity contribution in [1.82, 2.24) is 14.5 Å². The van der Waals surface area contributed by atoms with E-state index in [0.717, 1.165) is 64.0 Å². The molecule has 0 saturated heterocycles. The maximum absolute atomic E-state index is 13.8. The van der Waals surface area contributed by atoms with Gasteiger partial charge in [-0.25, -0.2) is 9.97 Å². The van der Waals surface area contributed by atoms with Crippen molar-refractivity contribution in [2.24, 2.45) is 0 Å². The Morgan fingerprint density at radius 3 is 2.66 bits per heavy atom. The molecule has 0 bridgehead atoms. The SMILES string of the molecule is O=C(CSc1nc2sc3c(c2c(=O)n1-c1ccccc1)CCCC3)Nc1ncc(Cc2ccc(Cl)cc2)s1. The van der Waals surface area contributed by atoms with Crippen LogP contribution in [-0.2, 0) is 24.1 Å². The Balaban J connectivity index is 1.22. The van der Waals surface area contributed by atoms with Crippen molar-refractivity contribution < 1.29 is 4.79 Å². The van der Waals surface area contributed by atoms with Gasteiger partial charge in [0.1, 0.15) is 4.83 Å². The highest BCUT2D eigenvalue weighted by molar-refractivity contribution is 7.99. The summed E-state index contributed by atoms with van der Waals surface area (Å²) >= 11 is 10.3. The maximum atomic E-state index is 13.8. The lowest BCUT2D eigenvalue weighted by atomic mass is 9.97. The van der Waals surface area contributed by atoms with Crippen molar-refractivity contribution in [3.63, 3.8) is 0 Å². The van der Waals surface area contributed by atoms with E-state index in [1.807, 2.05) is 54.6 Å². The summed E-state index contributed by atoms with van der Waals surface area (Å²) < 4.78 is 1.65. The first kappa shape index (κ1) is 25.3. The third kappa shape index (κ3) is 5.29. The molecule has 0 aliphatic heterocycles. The monoisotopic (exact) mass is 578 g/mol. The number of thiophene rings is 1. The van der Waals surface area contributed by atoms with Gasteiger partial charge in [0.2, 0.25) is 5.91 Å². The number of benzene rings is 2. The number of nitrogens with zero attached hydrogens (tertiary/aromatic N) is 3. The molecule has 6 rings (SSSR count). The zero-order valence-electron chi connectivity index (χ0n) is 20.3. The third-order valence-corrected chi connectivity index (χ3v) is 9.69. The Morgan fingerprint density at radius 1 is 1.05 bits per heavy atom. The van der Waals surface area contributed by atoms with Crippen LogP contribution in [0.1, 0.15) is 33.7 Å². The van der Waals surface area contributed by atoms with E-state index in [9.17, 15) is 9.59 Å². The van der Waals surface area contributed by atoms with Gasteiger partial charge in [-0.15, -0.1) is 22.7 Å². The number of halogens is 1. The molecule has 3 aromatic heterocycles. The van der Waals surface area contributed by atoms with Gasteiger partial charge in [-0.1, -0.05) is 53.7 Å². The first-order chi connectivity index (χ1) is 18.5. The summed E-state index contributed by atoms with van der Waals surface area (Å²) in [7, 11) is 0. The van der Waals surface area contributed by atoms with Crippen LogP contribution in [0.4, 0.5) is 5.13 Å². The topological polar surface area (TPSA) is 76.9 Å². The van der Waals surface area contributed by atoms with Gasteiger partial charge in [-0.3, -0.25) is 14.2 Å². The van der Waals surface area contributed by atoms with Crippen LogP contribution in [0, 0.1) is 0 Å².